The van der Waals surface area contributed by atoms with Crippen LogP contribution in [0.4, 0.5) is 5.95 Å². The van der Waals surface area contributed by atoms with E-state index in [9.17, 15) is 4.79 Å². The Morgan fingerprint density at radius 2 is 2.23 bits per heavy atom. The van der Waals surface area contributed by atoms with Crippen molar-refractivity contribution >= 4 is 33.4 Å². The minimum absolute atomic E-state index is 0.179. The molecule has 0 saturated heterocycles. The van der Waals surface area contributed by atoms with Gasteiger partial charge in [0.25, 0.3) is 5.91 Å². The van der Waals surface area contributed by atoms with E-state index in [1.54, 1.807) is 12.4 Å². The summed E-state index contributed by atoms with van der Waals surface area (Å²) in [5, 5.41) is 7.84. The van der Waals surface area contributed by atoms with E-state index >= 15 is 0 Å². The first-order valence-corrected chi connectivity index (χ1v) is 7.82. The lowest BCUT2D eigenvalue weighted by Crippen LogP contribution is -2.24. The topological polar surface area (TPSA) is 79.8 Å². The van der Waals surface area contributed by atoms with Crippen molar-refractivity contribution in [2.75, 3.05) is 11.9 Å². The number of aromatic nitrogens is 3. The van der Waals surface area contributed by atoms with Crippen LogP contribution in [-0.2, 0) is 6.54 Å². The van der Waals surface area contributed by atoms with E-state index in [0.29, 0.717) is 24.7 Å². The van der Waals surface area contributed by atoms with E-state index in [0.717, 1.165) is 15.8 Å². The molecule has 0 bridgehead atoms. The second-order valence-corrected chi connectivity index (χ2v) is 5.52. The monoisotopic (exact) mass is 313 g/mol. The SMILES string of the molecule is CCNC(=O)c1nc(NCc2cccnc2)nc2ccsc12. The molecule has 0 saturated carbocycles. The minimum atomic E-state index is -0.179. The number of rotatable bonds is 5. The summed E-state index contributed by atoms with van der Waals surface area (Å²) < 4.78 is 0.804. The quantitative estimate of drug-likeness (QED) is 0.756. The van der Waals surface area contributed by atoms with Crippen LogP contribution >= 0.6 is 11.3 Å². The average Bonchev–Trinajstić information content (AvgIpc) is 3.01. The Hall–Kier alpha value is -2.54. The second kappa shape index (κ2) is 6.48. The molecule has 112 valence electrons. The van der Waals surface area contributed by atoms with Crippen LogP contribution < -0.4 is 10.6 Å². The molecular formula is C15H15N5OS. The maximum Gasteiger partial charge on any atom is 0.271 e. The summed E-state index contributed by atoms with van der Waals surface area (Å²) >= 11 is 1.47. The van der Waals surface area contributed by atoms with Crippen molar-refractivity contribution in [1.29, 1.82) is 0 Å². The Bertz CT molecular complexity index is 787. The van der Waals surface area contributed by atoms with Gasteiger partial charge in [0.2, 0.25) is 5.95 Å². The van der Waals surface area contributed by atoms with Crippen molar-refractivity contribution < 1.29 is 4.79 Å². The smallest absolute Gasteiger partial charge is 0.271 e. The Labute approximate surface area is 131 Å². The summed E-state index contributed by atoms with van der Waals surface area (Å²) in [4.78, 5) is 25.0. The van der Waals surface area contributed by atoms with Crippen LogP contribution in [0.1, 0.15) is 23.0 Å². The molecule has 0 atom stereocenters. The van der Waals surface area contributed by atoms with E-state index in [1.165, 1.54) is 11.3 Å². The third kappa shape index (κ3) is 3.04. The van der Waals surface area contributed by atoms with E-state index in [4.69, 9.17) is 0 Å². The maximum atomic E-state index is 12.2. The van der Waals surface area contributed by atoms with E-state index < -0.39 is 0 Å². The maximum absolute atomic E-state index is 12.2. The number of thiophene rings is 1. The molecule has 0 aliphatic heterocycles. The highest BCUT2D eigenvalue weighted by Gasteiger charge is 2.15. The number of nitrogens with zero attached hydrogens (tertiary/aromatic N) is 3. The molecule has 0 fully saturated rings. The first-order valence-electron chi connectivity index (χ1n) is 6.94. The van der Waals surface area contributed by atoms with E-state index in [2.05, 4.69) is 25.6 Å². The average molecular weight is 313 g/mol. The van der Waals surface area contributed by atoms with Crippen LogP contribution in [0.2, 0.25) is 0 Å². The van der Waals surface area contributed by atoms with Crippen LogP contribution in [0.25, 0.3) is 10.2 Å². The van der Waals surface area contributed by atoms with Crippen LogP contribution in [0, 0.1) is 0 Å². The molecule has 0 aromatic carbocycles. The molecule has 7 heteroatoms. The highest BCUT2D eigenvalue weighted by molar-refractivity contribution is 7.17. The molecule has 6 nitrogen and oxygen atoms in total. The van der Waals surface area contributed by atoms with Gasteiger partial charge >= 0.3 is 0 Å². The number of nitrogens with one attached hydrogen (secondary N) is 2. The highest BCUT2D eigenvalue weighted by atomic mass is 32.1. The lowest BCUT2D eigenvalue weighted by molar-refractivity contribution is 0.0953. The highest BCUT2D eigenvalue weighted by Crippen LogP contribution is 2.23. The molecule has 1 amide bonds. The number of hydrogen-bond donors (Lipinski definition) is 2. The number of fused-ring (bicyclic) bond motifs is 1. The second-order valence-electron chi connectivity index (χ2n) is 4.61. The van der Waals surface area contributed by atoms with Crippen molar-refractivity contribution in [2.45, 2.75) is 13.5 Å². The molecule has 0 spiro atoms. The summed E-state index contributed by atoms with van der Waals surface area (Å²) in [7, 11) is 0. The fourth-order valence-corrected chi connectivity index (χ4v) is 2.84. The summed E-state index contributed by atoms with van der Waals surface area (Å²) in [6.45, 7) is 3.00. The van der Waals surface area contributed by atoms with Gasteiger partial charge < -0.3 is 10.6 Å². The fraction of sp³-hybridized carbons (Fsp3) is 0.200. The lowest BCUT2D eigenvalue weighted by atomic mass is 10.3. The molecule has 3 aromatic rings. The number of hydrogen-bond acceptors (Lipinski definition) is 6. The van der Waals surface area contributed by atoms with Crippen molar-refractivity contribution in [1.82, 2.24) is 20.3 Å². The van der Waals surface area contributed by atoms with Crippen molar-refractivity contribution in [2.24, 2.45) is 0 Å². The minimum Gasteiger partial charge on any atom is -0.351 e. The van der Waals surface area contributed by atoms with Gasteiger partial charge in [-0.15, -0.1) is 11.3 Å². The van der Waals surface area contributed by atoms with Crippen LogP contribution in [0.3, 0.4) is 0 Å². The van der Waals surface area contributed by atoms with Crippen LogP contribution in [-0.4, -0.2) is 27.4 Å². The van der Waals surface area contributed by atoms with Gasteiger partial charge in [-0.25, -0.2) is 9.97 Å². The molecule has 2 N–H and O–H groups in total. The number of anilines is 1. The molecule has 22 heavy (non-hydrogen) atoms. The van der Waals surface area contributed by atoms with Gasteiger partial charge in [-0.3, -0.25) is 9.78 Å². The molecule has 0 aliphatic rings. The van der Waals surface area contributed by atoms with Gasteiger partial charge in [-0.05, 0) is 30.0 Å². The first-order chi connectivity index (χ1) is 10.8. The standard InChI is InChI=1S/C15H15N5OS/c1-2-17-14(21)12-13-11(5-7-22-13)19-15(20-12)18-9-10-4-3-6-16-8-10/h3-8H,2,9H2,1H3,(H,17,21)(H,18,19,20). The van der Waals surface area contributed by atoms with Gasteiger partial charge in [0.05, 0.1) is 10.2 Å². The Morgan fingerprint density at radius 1 is 1.32 bits per heavy atom. The van der Waals surface area contributed by atoms with Crippen molar-refractivity contribution in [3.05, 3.63) is 47.2 Å². The van der Waals surface area contributed by atoms with Gasteiger partial charge in [0.1, 0.15) is 0 Å². The van der Waals surface area contributed by atoms with Gasteiger partial charge in [-0.1, -0.05) is 6.07 Å². The molecule has 0 aliphatic carbocycles. The largest absolute Gasteiger partial charge is 0.351 e. The summed E-state index contributed by atoms with van der Waals surface area (Å²) in [5.41, 5.74) is 2.21. The number of carbonyl (C=O) groups excluding carboxylic acids is 1. The number of pyridine rings is 1. The molecule has 0 unspecified atom stereocenters. The number of carbonyl (C=O) groups is 1. The summed E-state index contributed by atoms with van der Waals surface area (Å²) in [6.07, 6.45) is 3.51. The lowest BCUT2D eigenvalue weighted by Gasteiger charge is -2.08. The van der Waals surface area contributed by atoms with E-state index in [-0.39, 0.29) is 5.91 Å². The number of amides is 1. The third-order valence-electron chi connectivity index (χ3n) is 3.03. The predicted molar refractivity (Wildman–Crippen MR) is 87.0 cm³/mol. The molecule has 3 rings (SSSR count). The van der Waals surface area contributed by atoms with Crippen LogP contribution in [0.15, 0.2) is 36.0 Å². The third-order valence-corrected chi connectivity index (χ3v) is 3.94. The first kappa shape index (κ1) is 14.4. The van der Waals surface area contributed by atoms with E-state index in [1.807, 2.05) is 30.5 Å². The Balaban J connectivity index is 1.88. The predicted octanol–water partition coefficient (Wildman–Crippen LogP) is 2.45. The Morgan fingerprint density at radius 3 is 3.00 bits per heavy atom. The van der Waals surface area contributed by atoms with Gasteiger partial charge in [0, 0.05) is 25.5 Å². The van der Waals surface area contributed by atoms with Gasteiger partial charge in [0.15, 0.2) is 5.69 Å². The molecule has 3 heterocycles. The normalized spacial score (nSPS) is 10.6. The summed E-state index contributed by atoms with van der Waals surface area (Å²) in [6, 6.07) is 5.73. The molecule has 3 aromatic heterocycles. The van der Waals surface area contributed by atoms with Crippen molar-refractivity contribution in [3.63, 3.8) is 0 Å². The fourth-order valence-electron chi connectivity index (χ4n) is 2.02. The summed E-state index contributed by atoms with van der Waals surface area (Å²) in [5.74, 6) is 0.262. The molecule has 0 radical (unpaired) electrons. The zero-order chi connectivity index (χ0) is 15.4. The van der Waals surface area contributed by atoms with Crippen molar-refractivity contribution in [3.8, 4) is 0 Å². The zero-order valence-corrected chi connectivity index (χ0v) is 12.9. The zero-order valence-electron chi connectivity index (χ0n) is 12.0. The van der Waals surface area contributed by atoms with Crippen LogP contribution in [0.5, 0.6) is 0 Å². The Kier molecular flexibility index (Phi) is 4.24. The van der Waals surface area contributed by atoms with Gasteiger partial charge in [-0.2, -0.15) is 0 Å². The molecular weight excluding hydrogens is 298 g/mol.